The Morgan fingerprint density at radius 1 is 1.35 bits per heavy atom. The molecule has 0 saturated carbocycles. The minimum atomic E-state index is -0.0319. The molecule has 120 valence electrons. The van der Waals surface area contributed by atoms with Gasteiger partial charge in [-0.3, -0.25) is 5.10 Å². The van der Waals surface area contributed by atoms with Gasteiger partial charge in [0.1, 0.15) is 0 Å². The Morgan fingerprint density at radius 3 is 3.09 bits per heavy atom. The van der Waals surface area contributed by atoms with E-state index in [2.05, 4.69) is 15.5 Å². The fourth-order valence-electron chi connectivity index (χ4n) is 3.46. The third kappa shape index (κ3) is 2.82. The number of aromatic amines is 1. The molecule has 1 aromatic carbocycles. The van der Waals surface area contributed by atoms with Crippen molar-refractivity contribution in [3.05, 3.63) is 36.5 Å². The number of hydrogen-bond acceptors (Lipinski definition) is 3. The summed E-state index contributed by atoms with van der Waals surface area (Å²) in [6.45, 7) is 3.20. The van der Waals surface area contributed by atoms with Gasteiger partial charge in [-0.25, -0.2) is 4.79 Å². The van der Waals surface area contributed by atoms with E-state index in [1.807, 2.05) is 35.2 Å². The summed E-state index contributed by atoms with van der Waals surface area (Å²) in [7, 11) is 0. The maximum Gasteiger partial charge on any atom is 0.321 e. The number of ether oxygens (including phenoxy) is 1. The first-order chi connectivity index (χ1) is 11.2. The van der Waals surface area contributed by atoms with E-state index in [9.17, 15) is 4.79 Å². The molecule has 2 aromatic rings. The Balaban J connectivity index is 1.44. The van der Waals surface area contributed by atoms with Crippen LogP contribution in [0.5, 0.6) is 0 Å². The van der Waals surface area contributed by atoms with Gasteiger partial charge in [-0.2, -0.15) is 5.10 Å². The molecular weight excluding hydrogens is 292 g/mol. The second-order valence-electron chi connectivity index (χ2n) is 6.46. The number of carbonyl (C=O) groups is 1. The minimum Gasteiger partial charge on any atom is -0.381 e. The summed E-state index contributed by atoms with van der Waals surface area (Å²) < 4.78 is 5.52. The average Bonchev–Trinajstić information content (AvgIpc) is 3.31. The highest BCUT2D eigenvalue weighted by molar-refractivity contribution is 5.90. The van der Waals surface area contributed by atoms with Crippen LogP contribution in [0.25, 0.3) is 11.3 Å². The van der Waals surface area contributed by atoms with Gasteiger partial charge in [0, 0.05) is 42.6 Å². The van der Waals surface area contributed by atoms with Crippen LogP contribution < -0.4 is 5.32 Å². The third-order valence-electron chi connectivity index (χ3n) is 4.84. The molecule has 23 heavy (non-hydrogen) atoms. The number of benzene rings is 1. The third-order valence-corrected chi connectivity index (χ3v) is 4.84. The summed E-state index contributed by atoms with van der Waals surface area (Å²) in [5.41, 5.74) is 2.92. The second kappa shape index (κ2) is 5.70. The molecule has 1 unspecified atom stereocenters. The highest BCUT2D eigenvalue weighted by atomic mass is 16.5. The second-order valence-corrected chi connectivity index (χ2v) is 6.46. The lowest BCUT2D eigenvalue weighted by Crippen LogP contribution is -2.35. The number of aromatic nitrogens is 2. The molecule has 0 bridgehead atoms. The zero-order valence-electron chi connectivity index (χ0n) is 12.9. The molecule has 6 heteroatoms. The minimum absolute atomic E-state index is 0.0319. The maximum atomic E-state index is 12.5. The molecule has 2 N–H and O–H groups in total. The topological polar surface area (TPSA) is 70.2 Å². The van der Waals surface area contributed by atoms with Gasteiger partial charge in [-0.1, -0.05) is 12.1 Å². The summed E-state index contributed by atoms with van der Waals surface area (Å²) in [6, 6.07) is 9.66. The Bertz CT molecular complexity index is 692. The summed E-state index contributed by atoms with van der Waals surface area (Å²) in [6.07, 6.45) is 3.81. The number of urea groups is 1. The molecule has 2 saturated heterocycles. The lowest BCUT2D eigenvalue weighted by Gasteiger charge is -2.22. The van der Waals surface area contributed by atoms with E-state index in [4.69, 9.17) is 4.74 Å². The van der Waals surface area contributed by atoms with Crippen LogP contribution in [0.1, 0.15) is 12.8 Å². The van der Waals surface area contributed by atoms with Gasteiger partial charge in [-0.15, -0.1) is 0 Å². The summed E-state index contributed by atoms with van der Waals surface area (Å²) in [5, 5.41) is 9.90. The number of nitrogens with zero attached hydrogens (tertiary/aromatic N) is 2. The molecule has 2 fully saturated rings. The molecule has 2 aliphatic rings. The van der Waals surface area contributed by atoms with Gasteiger partial charge < -0.3 is 15.0 Å². The van der Waals surface area contributed by atoms with E-state index < -0.39 is 0 Å². The standard InChI is InChI=1S/C17H20N4O2/c22-16(21-8-5-17(11-21)6-9-23-12-17)19-14-3-1-2-13(10-14)15-4-7-18-20-15/h1-4,7,10H,5-6,8-9,11-12H2,(H,18,20)(H,19,22). The van der Waals surface area contributed by atoms with Crippen LogP contribution >= 0.6 is 0 Å². The van der Waals surface area contributed by atoms with E-state index in [0.29, 0.717) is 0 Å². The molecule has 1 spiro atoms. The SMILES string of the molecule is O=C(Nc1cccc(-c2ccn[nH]2)c1)N1CCC2(CCOC2)C1. The van der Waals surface area contributed by atoms with Gasteiger partial charge in [0.15, 0.2) is 0 Å². The van der Waals surface area contributed by atoms with Crippen molar-refractivity contribution < 1.29 is 9.53 Å². The number of nitrogens with one attached hydrogen (secondary N) is 2. The predicted octanol–water partition coefficient (Wildman–Crippen LogP) is 2.72. The Morgan fingerprint density at radius 2 is 2.30 bits per heavy atom. The van der Waals surface area contributed by atoms with Crippen molar-refractivity contribution in [1.29, 1.82) is 0 Å². The quantitative estimate of drug-likeness (QED) is 0.896. The maximum absolute atomic E-state index is 12.5. The molecule has 0 aliphatic carbocycles. The molecule has 3 heterocycles. The lowest BCUT2D eigenvalue weighted by atomic mass is 9.87. The molecule has 4 rings (SSSR count). The van der Waals surface area contributed by atoms with E-state index in [1.54, 1.807) is 6.20 Å². The van der Waals surface area contributed by atoms with Gasteiger partial charge in [0.05, 0.1) is 12.3 Å². The van der Waals surface area contributed by atoms with Crippen LogP contribution in [0.2, 0.25) is 0 Å². The van der Waals surface area contributed by atoms with Gasteiger partial charge in [0.2, 0.25) is 0 Å². The highest BCUT2D eigenvalue weighted by Crippen LogP contribution is 2.38. The monoisotopic (exact) mass is 312 g/mol. The van der Waals surface area contributed by atoms with E-state index >= 15 is 0 Å². The number of amides is 2. The summed E-state index contributed by atoms with van der Waals surface area (Å²) in [4.78, 5) is 14.4. The lowest BCUT2D eigenvalue weighted by molar-refractivity contribution is 0.154. The number of hydrogen-bond donors (Lipinski definition) is 2. The summed E-state index contributed by atoms with van der Waals surface area (Å²) >= 11 is 0. The van der Waals surface area contributed by atoms with Crippen LogP contribution in [0, 0.1) is 5.41 Å². The predicted molar refractivity (Wildman–Crippen MR) is 87.1 cm³/mol. The molecule has 1 aromatic heterocycles. The highest BCUT2D eigenvalue weighted by Gasteiger charge is 2.42. The van der Waals surface area contributed by atoms with Gasteiger partial charge in [-0.05, 0) is 31.0 Å². The number of anilines is 1. The van der Waals surface area contributed by atoms with Crippen molar-refractivity contribution in [2.75, 3.05) is 31.6 Å². The van der Waals surface area contributed by atoms with Crippen LogP contribution in [0.4, 0.5) is 10.5 Å². The molecule has 6 nitrogen and oxygen atoms in total. The zero-order chi connectivity index (χ0) is 15.7. The Hall–Kier alpha value is -2.34. The largest absolute Gasteiger partial charge is 0.381 e. The molecule has 0 radical (unpaired) electrons. The fraction of sp³-hybridized carbons (Fsp3) is 0.412. The first-order valence-electron chi connectivity index (χ1n) is 7.98. The van der Waals surface area contributed by atoms with E-state index in [0.717, 1.165) is 56.1 Å². The van der Waals surface area contributed by atoms with Crippen molar-refractivity contribution in [3.63, 3.8) is 0 Å². The van der Waals surface area contributed by atoms with Crippen molar-refractivity contribution in [2.24, 2.45) is 5.41 Å². The number of likely N-dealkylation sites (tertiary alicyclic amines) is 1. The van der Waals surface area contributed by atoms with E-state index in [-0.39, 0.29) is 11.4 Å². The zero-order valence-corrected chi connectivity index (χ0v) is 12.9. The van der Waals surface area contributed by atoms with Crippen molar-refractivity contribution in [2.45, 2.75) is 12.8 Å². The average molecular weight is 312 g/mol. The van der Waals surface area contributed by atoms with Gasteiger partial charge in [0.25, 0.3) is 0 Å². The number of H-pyrrole nitrogens is 1. The van der Waals surface area contributed by atoms with Crippen LogP contribution in [-0.2, 0) is 4.74 Å². The van der Waals surface area contributed by atoms with Crippen LogP contribution in [-0.4, -0.2) is 47.4 Å². The van der Waals surface area contributed by atoms with Crippen LogP contribution in [0.15, 0.2) is 36.5 Å². The first-order valence-corrected chi connectivity index (χ1v) is 7.98. The van der Waals surface area contributed by atoms with Crippen LogP contribution in [0.3, 0.4) is 0 Å². The number of carbonyl (C=O) groups excluding carboxylic acids is 1. The molecule has 2 amide bonds. The van der Waals surface area contributed by atoms with Crippen molar-refractivity contribution in [3.8, 4) is 11.3 Å². The molecule has 1 atom stereocenters. The normalized spacial score (nSPS) is 23.6. The smallest absolute Gasteiger partial charge is 0.321 e. The summed E-state index contributed by atoms with van der Waals surface area (Å²) in [5.74, 6) is 0. The van der Waals surface area contributed by atoms with Crippen molar-refractivity contribution in [1.82, 2.24) is 15.1 Å². The number of rotatable bonds is 2. The van der Waals surface area contributed by atoms with Crippen molar-refractivity contribution >= 4 is 11.7 Å². The van der Waals surface area contributed by atoms with Gasteiger partial charge >= 0.3 is 6.03 Å². The Kier molecular flexibility index (Phi) is 3.53. The molecular formula is C17H20N4O2. The first kappa shape index (κ1) is 14.3. The fourth-order valence-corrected chi connectivity index (χ4v) is 3.46. The van der Waals surface area contributed by atoms with E-state index in [1.165, 1.54) is 0 Å². The molecule has 2 aliphatic heterocycles. The Labute approximate surface area is 134 Å².